The van der Waals surface area contributed by atoms with Gasteiger partial charge in [0.1, 0.15) is 5.75 Å². The zero-order valence-corrected chi connectivity index (χ0v) is 15.2. The second-order valence-electron chi connectivity index (χ2n) is 5.25. The van der Waals surface area contributed by atoms with Gasteiger partial charge in [-0.05, 0) is 44.2 Å². The number of rotatable bonds is 6. The number of aromatic nitrogens is 1. The van der Waals surface area contributed by atoms with Crippen LogP contribution in [0.2, 0.25) is 0 Å². The molecule has 2 aromatic carbocycles. The van der Waals surface area contributed by atoms with E-state index in [1.54, 1.807) is 11.3 Å². The van der Waals surface area contributed by atoms with Crippen molar-refractivity contribution in [3.63, 3.8) is 0 Å². The van der Waals surface area contributed by atoms with Gasteiger partial charge in [-0.3, -0.25) is 4.79 Å². The minimum atomic E-state index is -0.0295. The molecule has 4 nitrogen and oxygen atoms in total. The second kappa shape index (κ2) is 7.68. The molecule has 0 unspecified atom stereocenters. The molecule has 24 heavy (non-hydrogen) atoms. The van der Waals surface area contributed by atoms with Crippen LogP contribution in [-0.2, 0) is 4.79 Å². The van der Waals surface area contributed by atoms with E-state index in [9.17, 15) is 4.79 Å². The molecule has 3 rings (SSSR count). The second-order valence-corrected chi connectivity index (χ2v) is 7.50. The minimum absolute atomic E-state index is 0.0295. The SMILES string of the molecule is CCOc1ccc2nc(SCC(=O)Nc3ccc(C)cc3)sc2c1. The highest BCUT2D eigenvalue weighted by atomic mass is 32.2. The summed E-state index contributed by atoms with van der Waals surface area (Å²) in [6, 6.07) is 13.6. The number of amides is 1. The number of carbonyl (C=O) groups is 1. The Morgan fingerprint density at radius 3 is 2.79 bits per heavy atom. The van der Waals surface area contributed by atoms with Crippen molar-refractivity contribution in [2.75, 3.05) is 17.7 Å². The van der Waals surface area contributed by atoms with Crippen LogP contribution in [-0.4, -0.2) is 23.3 Å². The number of anilines is 1. The number of thioether (sulfide) groups is 1. The first-order chi connectivity index (χ1) is 11.6. The summed E-state index contributed by atoms with van der Waals surface area (Å²) in [5.41, 5.74) is 2.92. The first kappa shape index (κ1) is 16.8. The van der Waals surface area contributed by atoms with Crippen molar-refractivity contribution in [2.45, 2.75) is 18.2 Å². The molecule has 1 amide bonds. The highest BCUT2D eigenvalue weighted by Crippen LogP contribution is 2.31. The minimum Gasteiger partial charge on any atom is -0.494 e. The first-order valence-electron chi connectivity index (χ1n) is 7.67. The predicted octanol–water partition coefficient (Wildman–Crippen LogP) is 4.73. The van der Waals surface area contributed by atoms with E-state index in [2.05, 4.69) is 10.3 Å². The third-order valence-electron chi connectivity index (χ3n) is 3.31. The number of ether oxygens (including phenoxy) is 1. The van der Waals surface area contributed by atoms with Gasteiger partial charge in [0.15, 0.2) is 4.34 Å². The normalized spacial score (nSPS) is 10.8. The van der Waals surface area contributed by atoms with Crippen LogP contribution in [0.25, 0.3) is 10.2 Å². The molecule has 3 aromatic rings. The van der Waals surface area contributed by atoms with Gasteiger partial charge in [0.2, 0.25) is 5.91 Å². The average molecular weight is 358 g/mol. The molecule has 1 aromatic heterocycles. The molecule has 0 aliphatic rings. The molecule has 0 fully saturated rings. The molecule has 0 saturated heterocycles. The molecule has 0 aliphatic heterocycles. The maximum absolute atomic E-state index is 12.1. The lowest BCUT2D eigenvalue weighted by Gasteiger charge is -2.04. The Balaban J connectivity index is 1.60. The quantitative estimate of drug-likeness (QED) is 0.647. The summed E-state index contributed by atoms with van der Waals surface area (Å²) in [7, 11) is 0. The van der Waals surface area contributed by atoms with E-state index in [0.29, 0.717) is 12.4 Å². The van der Waals surface area contributed by atoms with Gasteiger partial charge >= 0.3 is 0 Å². The van der Waals surface area contributed by atoms with Crippen molar-refractivity contribution in [3.05, 3.63) is 48.0 Å². The van der Waals surface area contributed by atoms with Crippen molar-refractivity contribution >= 4 is 44.9 Å². The van der Waals surface area contributed by atoms with E-state index in [-0.39, 0.29) is 5.91 Å². The summed E-state index contributed by atoms with van der Waals surface area (Å²) in [6.45, 7) is 4.63. The standard InChI is InChI=1S/C18H18N2O2S2/c1-3-22-14-8-9-15-16(10-14)24-18(20-15)23-11-17(21)19-13-6-4-12(2)5-7-13/h4-10H,3,11H2,1-2H3,(H,19,21). The first-order valence-corrected chi connectivity index (χ1v) is 9.47. The molecule has 1 heterocycles. The molecule has 0 aliphatic carbocycles. The number of nitrogens with zero attached hydrogens (tertiary/aromatic N) is 1. The molecule has 124 valence electrons. The van der Waals surface area contributed by atoms with E-state index in [1.807, 2.05) is 56.3 Å². The number of aryl methyl sites for hydroxylation is 1. The topological polar surface area (TPSA) is 51.2 Å². The Bertz CT molecular complexity index is 844. The van der Waals surface area contributed by atoms with Crippen molar-refractivity contribution in [1.82, 2.24) is 4.98 Å². The van der Waals surface area contributed by atoms with Crippen LogP contribution >= 0.6 is 23.1 Å². The number of hydrogen-bond donors (Lipinski definition) is 1. The van der Waals surface area contributed by atoms with Gasteiger partial charge in [-0.25, -0.2) is 4.98 Å². The smallest absolute Gasteiger partial charge is 0.234 e. The number of nitrogens with one attached hydrogen (secondary N) is 1. The molecule has 0 atom stereocenters. The summed E-state index contributed by atoms with van der Waals surface area (Å²) in [5.74, 6) is 1.16. The van der Waals surface area contributed by atoms with E-state index in [0.717, 1.165) is 26.0 Å². The van der Waals surface area contributed by atoms with Crippen LogP contribution in [0.3, 0.4) is 0 Å². The zero-order chi connectivity index (χ0) is 16.9. The Morgan fingerprint density at radius 2 is 2.04 bits per heavy atom. The lowest BCUT2D eigenvalue weighted by molar-refractivity contribution is -0.113. The Labute approximate surface area is 149 Å². The van der Waals surface area contributed by atoms with Crippen molar-refractivity contribution in [2.24, 2.45) is 0 Å². The van der Waals surface area contributed by atoms with Gasteiger partial charge in [0.05, 0.1) is 22.6 Å². The molecule has 0 spiro atoms. The van der Waals surface area contributed by atoms with E-state index >= 15 is 0 Å². The zero-order valence-electron chi connectivity index (χ0n) is 13.5. The molecule has 0 radical (unpaired) electrons. The van der Waals surface area contributed by atoms with Gasteiger partial charge in [0, 0.05) is 5.69 Å². The van der Waals surface area contributed by atoms with Gasteiger partial charge in [-0.1, -0.05) is 29.5 Å². The fourth-order valence-corrected chi connectivity index (χ4v) is 4.06. The number of fused-ring (bicyclic) bond motifs is 1. The predicted molar refractivity (Wildman–Crippen MR) is 101 cm³/mol. The molecular formula is C18H18N2O2S2. The lowest BCUT2D eigenvalue weighted by atomic mass is 10.2. The lowest BCUT2D eigenvalue weighted by Crippen LogP contribution is -2.13. The number of benzene rings is 2. The van der Waals surface area contributed by atoms with Gasteiger partial charge in [0.25, 0.3) is 0 Å². The third kappa shape index (κ3) is 4.27. The van der Waals surface area contributed by atoms with E-state index in [1.165, 1.54) is 17.3 Å². The number of hydrogen-bond acceptors (Lipinski definition) is 5. The van der Waals surface area contributed by atoms with Gasteiger partial charge in [-0.15, -0.1) is 11.3 Å². The van der Waals surface area contributed by atoms with Crippen molar-refractivity contribution in [3.8, 4) is 5.75 Å². The largest absolute Gasteiger partial charge is 0.494 e. The van der Waals surface area contributed by atoms with Crippen LogP contribution < -0.4 is 10.1 Å². The molecule has 0 bridgehead atoms. The summed E-state index contributed by atoms with van der Waals surface area (Å²) in [6.07, 6.45) is 0. The summed E-state index contributed by atoms with van der Waals surface area (Å²) >= 11 is 3.03. The fraction of sp³-hybridized carbons (Fsp3) is 0.222. The summed E-state index contributed by atoms with van der Waals surface area (Å²) in [5, 5.41) is 2.90. The Hall–Kier alpha value is -2.05. The average Bonchev–Trinajstić information content (AvgIpc) is 2.98. The van der Waals surface area contributed by atoms with E-state index < -0.39 is 0 Å². The Kier molecular flexibility index (Phi) is 5.37. The van der Waals surface area contributed by atoms with E-state index in [4.69, 9.17) is 4.74 Å². The van der Waals surface area contributed by atoms with Crippen LogP contribution in [0.4, 0.5) is 5.69 Å². The highest BCUT2D eigenvalue weighted by Gasteiger charge is 2.09. The van der Waals surface area contributed by atoms with Crippen LogP contribution in [0.15, 0.2) is 46.8 Å². The molecular weight excluding hydrogens is 340 g/mol. The van der Waals surface area contributed by atoms with Gasteiger partial charge in [-0.2, -0.15) is 0 Å². The Morgan fingerprint density at radius 1 is 1.25 bits per heavy atom. The van der Waals surface area contributed by atoms with Crippen LogP contribution in [0.5, 0.6) is 5.75 Å². The third-order valence-corrected chi connectivity index (χ3v) is 5.47. The molecule has 0 saturated carbocycles. The maximum atomic E-state index is 12.1. The van der Waals surface area contributed by atoms with Gasteiger partial charge < -0.3 is 10.1 Å². The number of carbonyl (C=O) groups excluding carboxylic acids is 1. The summed E-state index contributed by atoms with van der Waals surface area (Å²) in [4.78, 5) is 16.6. The van der Waals surface area contributed by atoms with Crippen LogP contribution in [0, 0.1) is 6.92 Å². The van der Waals surface area contributed by atoms with Crippen molar-refractivity contribution < 1.29 is 9.53 Å². The molecule has 6 heteroatoms. The molecule has 1 N–H and O–H groups in total. The summed E-state index contributed by atoms with van der Waals surface area (Å²) < 4.78 is 7.46. The van der Waals surface area contributed by atoms with Crippen molar-refractivity contribution in [1.29, 1.82) is 0 Å². The fourth-order valence-electron chi connectivity index (χ4n) is 2.16. The monoisotopic (exact) mass is 358 g/mol. The highest BCUT2D eigenvalue weighted by molar-refractivity contribution is 8.01. The maximum Gasteiger partial charge on any atom is 0.234 e. The van der Waals surface area contributed by atoms with Crippen LogP contribution in [0.1, 0.15) is 12.5 Å². The number of thiazole rings is 1.